The fourth-order valence-electron chi connectivity index (χ4n) is 3.75. The fourth-order valence-corrected chi connectivity index (χ4v) is 3.75. The van der Waals surface area contributed by atoms with E-state index in [-0.39, 0.29) is 12.5 Å². The highest BCUT2D eigenvalue weighted by atomic mass is 16.5. The third kappa shape index (κ3) is 3.97. The number of para-hydroxylation sites is 3. The summed E-state index contributed by atoms with van der Waals surface area (Å²) >= 11 is 0. The molecule has 3 aromatic rings. The molecule has 0 N–H and O–H groups in total. The van der Waals surface area contributed by atoms with Gasteiger partial charge in [-0.05, 0) is 49.4 Å². The summed E-state index contributed by atoms with van der Waals surface area (Å²) in [6.45, 7) is 4.66. The monoisotopic (exact) mass is 363 g/mol. The molecule has 27 heavy (non-hydrogen) atoms. The number of imidazole rings is 1. The van der Waals surface area contributed by atoms with Crippen molar-refractivity contribution in [2.24, 2.45) is 5.92 Å². The van der Waals surface area contributed by atoms with E-state index >= 15 is 0 Å². The van der Waals surface area contributed by atoms with Crippen LogP contribution in [0.5, 0.6) is 5.75 Å². The predicted octanol–water partition coefficient (Wildman–Crippen LogP) is 3.66. The SMILES string of the molecule is Cc1ccccc1OCC(=O)N1CCC(Cn2cnc3ccccc32)CC1. The van der Waals surface area contributed by atoms with Crippen molar-refractivity contribution in [2.75, 3.05) is 19.7 Å². The maximum Gasteiger partial charge on any atom is 0.260 e. The lowest BCUT2D eigenvalue weighted by Crippen LogP contribution is -2.41. The molecule has 5 heteroatoms. The quantitative estimate of drug-likeness (QED) is 0.695. The highest BCUT2D eigenvalue weighted by Crippen LogP contribution is 2.22. The zero-order chi connectivity index (χ0) is 18.6. The first-order chi connectivity index (χ1) is 13.2. The van der Waals surface area contributed by atoms with E-state index in [0.717, 1.165) is 49.3 Å². The minimum atomic E-state index is 0.0739. The van der Waals surface area contributed by atoms with Gasteiger partial charge in [-0.15, -0.1) is 0 Å². The van der Waals surface area contributed by atoms with E-state index in [1.54, 1.807) is 0 Å². The molecule has 1 aliphatic heterocycles. The lowest BCUT2D eigenvalue weighted by Gasteiger charge is -2.32. The lowest BCUT2D eigenvalue weighted by molar-refractivity contribution is -0.134. The van der Waals surface area contributed by atoms with Gasteiger partial charge in [-0.1, -0.05) is 30.3 Å². The minimum absolute atomic E-state index is 0.0739. The van der Waals surface area contributed by atoms with Crippen LogP contribution in [0.15, 0.2) is 54.9 Å². The Morgan fingerprint density at radius 3 is 2.67 bits per heavy atom. The Bertz CT molecular complexity index is 926. The number of piperidine rings is 1. The van der Waals surface area contributed by atoms with Crippen LogP contribution >= 0.6 is 0 Å². The molecule has 2 aromatic carbocycles. The number of rotatable bonds is 5. The van der Waals surface area contributed by atoms with Gasteiger partial charge in [0.15, 0.2) is 6.61 Å². The molecule has 1 fully saturated rings. The molecule has 1 saturated heterocycles. The van der Waals surface area contributed by atoms with Crippen LogP contribution in [-0.2, 0) is 11.3 Å². The third-order valence-electron chi connectivity index (χ3n) is 5.39. The standard InChI is InChI=1S/C22H25N3O2/c1-17-6-2-5-9-21(17)27-15-22(26)24-12-10-18(11-13-24)14-25-16-23-19-7-3-4-8-20(19)25/h2-9,16,18H,10-15H2,1H3. The number of benzene rings is 2. The van der Waals surface area contributed by atoms with E-state index in [4.69, 9.17) is 4.74 Å². The number of fused-ring (bicyclic) bond motifs is 1. The summed E-state index contributed by atoms with van der Waals surface area (Å²) in [6.07, 6.45) is 3.96. The lowest BCUT2D eigenvalue weighted by atomic mass is 9.96. The Balaban J connectivity index is 1.28. The summed E-state index contributed by atoms with van der Waals surface area (Å²) < 4.78 is 7.94. The molecule has 0 atom stereocenters. The highest BCUT2D eigenvalue weighted by Gasteiger charge is 2.23. The van der Waals surface area contributed by atoms with Gasteiger partial charge in [0.1, 0.15) is 5.75 Å². The van der Waals surface area contributed by atoms with Crippen LogP contribution < -0.4 is 4.74 Å². The molecule has 140 valence electrons. The maximum atomic E-state index is 12.5. The topological polar surface area (TPSA) is 47.4 Å². The highest BCUT2D eigenvalue weighted by molar-refractivity contribution is 5.78. The number of nitrogens with zero attached hydrogens (tertiary/aromatic N) is 3. The number of ether oxygens (including phenoxy) is 1. The molecule has 5 nitrogen and oxygen atoms in total. The van der Waals surface area contributed by atoms with Gasteiger partial charge in [-0.3, -0.25) is 4.79 Å². The normalized spacial score (nSPS) is 15.2. The van der Waals surface area contributed by atoms with Crippen LogP contribution in [0.2, 0.25) is 0 Å². The molecule has 0 radical (unpaired) electrons. The predicted molar refractivity (Wildman–Crippen MR) is 106 cm³/mol. The second kappa shape index (κ2) is 7.82. The van der Waals surface area contributed by atoms with Gasteiger partial charge >= 0.3 is 0 Å². The maximum absolute atomic E-state index is 12.5. The van der Waals surface area contributed by atoms with Crippen LogP contribution in [0.25, 0.3) is 11.0 Å². The number of likely N-dealkylation sites (tertiary alicyclic amines) is 1. The molecule has 0 aliphatic carbocycles. The van der Waals surface area contributed by atoms with Gasteiger partial charge < -0.3 is 14.2 Å². The average molecular weight is 363 g/mol. The molecule has 1 amide bonds. The van der Waals surface area contributed by atoms with Crippen LogP contribution in [0.3, 0.4) is 0 Å². The Morgan fingerprint density at radius 1 is 1.11 bits per heavy atom. The number of carbonyl (C=O) groups excluding carboxylic acids is 1. The summed E-state index contributed by atoms with van der Waals surface area (Å²) in [7, 11) is 0. The van der Waals surface area contributed by atoms with Crippen molar-refractivity contribution in [3.63, 3.8) is 0 Å². The second-order valence-corrected chi connectivity index (χ2v) is 7.26. The van der Waals surface area contributed by atoms with Gasteiger partial charge in [-0.25, -0.2) is 4.98 Å². The number of aryl methyl sites for hydroxylation is 1. The second-order valence-electron chi connectivity index (χ2n) is 7.26. The van der Waals surface area contributed by atoms with Crippen LogP contribution in [0, 0.1) is 12.8 Å². The largest absolute Gasteiger partial charge is 0.484 e. The van der Waals surface area contributed by atoms with Gasteiger partial charge in [0.25, 0.3) is 5.91 Å². The number of aromatic nitrogens is 2. The summed E-state index contributed by atoms with van der Waals surface area (Å²) in [4.78, 5) is 18.9. The first kappa shape index (κ1) is 17.6. The van der Waals surface area contributed by atoms with Crippen molar-refractivity contribution in [3.05, 3.63) is 60.4 Å². The molecule has 2 heterocycles. The van der Waals surface area contributed by atoms with Crippen molar-refractivity contribution in [2.45, 2.75) is 26.3 Å². The van der Waals surface area contributed by atoms with Crippen molar-refractivity contribution in [1.29, 1.82) is 0 Å². The molecule has 0 unspecified atom stereocenters. The first-order valence-corrected chi connectivity index (χ1v) is 9.57. The molecule has 1 aliphatic rings. The average Bonchev–Trinajstić information content (AvgIpc) is 3.11. The van der Waals surface area contributed by atoms with E-state index in [9.17, 15) is 4.79 Å². The Kier molecular flexibility index (Phi) is 5.10. The van der Waals surface area contributed by atoms with E-state index < -0.39 is 0 Å². The molecular weight excluding hydrogens is 338 g/mol. The van der Waals surface area contributed by atoms with Crippen LogP contribution in [0.4, 0.5) is 0 Å². The van der Waals surface area contributed by atoms with Crippen LogP contribution in [0.1, 0.15) is 18.4 Å². The summed E-state index contributed by atoms with van der Waals surface area (Å²) in [6, 6.07) is 16.0. The van der Waals surface area contributed by atoms with Crippen LogP contribution in [-0.4, -0.2) is 40.1 Å². The third-order valence-corrected chi connectivity index (χ3v) is 5.39. The minimum Gasteiger partial charge on any atom is -0.484 e. The number of amides is 1. The molecule has 0 spiro atoms. The molecule has 0 saturated carbocycles. The molecule has 4 rings (SSSR count). The van der Waals surface area contributed by atoms with Gasteiger partial charge in [0.05, 0.1) is 17.4 Å². The van der Waals surface area contributed by atoms with E-state index in [0.29, 0.717) is 5.92 Å². The van der Waals surface area contributed by atoms with Gasteiger partial charge in [-0.2, -0.15) is 0 Å². The summed E-state index contributed by atoms with van der Waals surface area (Å²) in [5, 5.41) is 0. The fraction of sp³-hybridized carbons (Fsp3) is 0.364. The molecule has 1 aromatic heterocycles. The Hall–Kier alpha value is -2.82. The van der Waals surface area contributed by atoms with Crippen molar-refractivity contribution in [1.82, 2.24) is 14.5 Å². The summed E-state index contributed by atoms with van der Waals surface area (Å²) in [5.41, 5.74) is 3.28. The molecule has 0 bridgehead atoms. The number of hydrogen-bond acceptors (Lipinski definition) is 3. The van der Waals surface area contributed by atoms with E-state index in [1.165, 1.54) is 5.52 Å². The van der Waals surface area contributed by atoms with Crippen molar-refractivity contribution < 1.29 is 9.53 Å². The van der Waals surface area contributed by atoms with Gasteiger partial charge in [0, 0.05) is 19.6 Å². The van der Waals surface area contributed by atoms with Crippen molar-refractivity contribution >= 4 is 16.9 Å². The Labute approximate surface area is 159 Å². The first-order valence-electron chi connectivity index (χ1n) is 9.57. The number of carbonyl (C=O) groups is 1. The van der Waals surface area contributed by atoms with Gasteiger partial charge in [0.2, 0.25) is 0 Å². The summed E-state index contributed by atoms with van der Waals surface area (Å²) in [5.74, 6) is 1.43. The Morgan fingerprint density at radius 2 is 1.85 bits per heavy atom. The van der Waals surface area contributed by atoms with Crippen molar-refractivity contribution in [3.8, 4) is 5.75 Å². The number of hydrogen-bond donors (Lipinski definition) is 0. The zero-order valence-corrected chi connectivity index (χ0v) is 15.7. The smallest absolute Gasteiger partial charge is 0.260 e. The zero-order valence-electron chi connectivity index (χ0n) is 15.7. The molecular formula is C22H25N3O2. The van der Waals surface area contributed by atoms with E-state index in [1.807, 2.05) is 54.5 Å². The van der Waals surface area contributed by atoms with E-state index in [2.05, 4.69) is 21.7 Å².